The van der Waals surface area contributed by atoms with Gasteiger partial charge in [0.2, 0.25) is 5.95 Å². The molecule has 0 saturated carbocycles. The van der Waals surface area contributed by atoms with E-state index in [1.54, 1.807) is 11.0 Å². The van der Waals surface area contributed by atoms with Crippen LogP contribution in [0.4, 0.5) is 5.95 Å². The Morgan fingerprint density at radius 3 is 3.09 bits per heavy atom. The van der Waals surface area contributed by atoms with Gasteiger partial charge in [0, 0.05) is 5.75 Å². The number of nitrogens with two attached hydrogens (primary N) is 1. The average molecular weight is 172 g/mol. The van der Waals surface area contributed by atoms with Gasteiger partial charge < -0.3 is 5.73 Å². The maximum atomic E-state index is 5.33. The van der Waals surface area contributed by atoms with E-state index in [-0.39, 0.29) is 0 Å². The number of anilines is 1. The zero-order valence-corrected chi connectivity index (χ0v) is 7.34. The quantitative estimate of drug-likeness (QED) is 0.676. The van der Waals surface area contributed by atoms with Crippen LogP contribution in [-0.2, 0) is 6.54 Å². The summed E-state index contributed by atoms with van der Waals surface area (Å²) in [4.78, 5) is 3.82. The Bertz CT molecular complexity index is 210. The summed E-state index contributed by atoms with van der Waals surface area (Å²) in [5.41, 5.74) is 5.33. The highest BCUT2D eigenvalue weighted by molar-refractivity contribution is 7.99. The molecule has 0 amide bonds. The number of rotatable bonds is 4. The van der Waals surface area contributed by atoms with E-state index in [0.29, 0.717) is 5.95 Å². The minimum absolute atomic E-state index is 0.353. The van der Waals surface area contributed by atoms with Crippen LogP contribution in [0.15, 0.2) is 6.33 Å². The van der Waals surface area contributed by atoms with Crippen molar-refractivity contribution < 1.29 is 0 Å². The third-order valence-electron chi connectivity index (χ3n) is 1.22. The largest absolute Gasteiger partial charge is 0.367 e. The number of nitrogens with zero attached hydrogens (tertiary/aromatic N) is 3. The zero-order chi connectivity index (χ0) is 8.10. The van der Waals surface area contributed by atoms with Crippen LogP contribution in [0.1, 0.15) is 6.92 Å². The number of nitrogen functional groups attached to an aromatic ring is 1. The molecule has 62 valence electrons. The zero-order valence-electron chi connectivity index (χ0n) is 6.53. The second-order valence-electron chi connectivity index (χ2n) is 2.06. The second kappa shape index (κ2) is 4.23. The Morgan fingerprint density at radius 1 is 1.73 bits per heavy atom. The van der Waals surface area contributed by atoms with E-state index < -0.39 is 0 Å². The summed E-state index contributed by atoms with van der Waals surface area (Å²) >= 11 is 1.88. The van der Waals surface area contributed by atoms with E-state index in [0.717, 1.165) is 18.1 Å². The van der Waals surface area contributed by atoms with Crippen molar-refractivity contribution in [1.82, 2.24) is 14.8 Å². The molecule has 0 spiro atoms. The van der Waals surface area contributed by atoms with Gasteiger partial charge in [0.1, 0.15) is 6.33 Å². The Hall–Kier alpha value is -0.710. The predicted molar refractivity (Wildman–Crippen MR) is 47.4 cm³/mol. The molecule has 1 aromatic heterocycles. The summed E-state index contributed by atoms with van der Waals surface area (Å²) in [6.07, 6.45) is 1.66. The monoisotopic (exact) mass is 172 g/mol. The number of hydrogen-bond donors (Lipinski definition) is 1. The van der Waals surface area contributed by atoms with Gasteiger partial charge in [-0.05, 0) is 5.75 Å². The molecule has 0 atom stereocenters. The van der Waals surface area contributed by atoms with Crippen LogP contribution >= 0.6 is 11.8 Å². The van der Waals surface area contributed by atoms with Gasteiger partial charge in [-0.2, -0.15) is 11.8 Å². The van der Waals surface area contributed by atoms with E-state index >= 15 is 0 Å². The van der Waals surface area contributed by atoms with Gasteiger partial charge in [0.05, 0.1) is 6.54 Å². The summed E-state index contributed by atoms with van der Waals surface area (Å²) < 4.78 is 1.76. The molecule has 11 heavy (non-hydrogen) atoms. The maximum Gasteiger partial charge on any atom is 0.239 e. The van der Waals surface area contributed by atoms with Crippen molar-refractivity contribution in [2.24, 2.45) is 0 Å². The van der Waals surface area contributed by atoms with Gasteiger partial charge in [0.15, 0.2) is 0 Å². The fourth-order valence-corrected chi connectivity index (χ4v) is 1.32. The van der Waals surface area contributed by atoms with Gasteiger partial charge in [-0.3, -0.25) is 0 Å². The molecule has 5 heteroatoms. The Balaban J connectivity index is 2.27. The first-order valence-electron chi connectivity index (χ1n) is 3.55. The number of aryl methyl sites for hydroxylation is 1. The molecule has 1 rings (SSSR count). The van der Waals surface area contributed by atoms with E-state index in [1.807, 2.05) is 11.8 Å². The van der Waals surface area contributed by atoms with E-state index in [2.05, 4.69) is 17.0 Å². The highest BCUT2D eigenvalue weighted by Crippen LogP contribution is 1.99. The van der Waals surface area contributed by atoms with E-state index in [9.17, 15) is 0 Å². The average Bonchev–Trinajstić information content (AvgIpc) is 2.37. The first kappa shape index (κ1) is 8.39. The molecule has 0 aliphatic rings. The van der Waals surface area contributed by atoms with Crippen molar-refractivity contribution in [3.8, 4) is 0 Å². The van der Waals surface area contributed by atoms with Gasteiger partial charge in [-0.25, -0.2) is 9.67 Å². The molecule has 0 unspecified atom stereocenters. The normalized spacial score (nSPS) is 10.3. The van der Waals surface area contributed by atoms with Crippen LogP contribution in [0, 0.1) is 0 Å². The van der Waals surface area contributed by atoms with Crippen molar-refractivity contribution >= 4 is 17.7 Å². The highest BCUT2D eigenvalue weighted by atomic mass is 32.2. The third-order valence-corrected chi connectivity index (χ3v) is 2.10. The van der Waals surface area contributed by atoms with Gasteiger partial charge in [-0.15, -0.1) is 5.10 Å². The molecule has 0 aromatic carbocycles. The van der Waals surface area contributed by atoms with Crippen molar-refractivity contribution in [3.05, 3.63) is 6.33 Å². The van der Waals surface area contributed by atoms with E-state index in [4.69, 9.17) is 5.73 Å². The van der Waals surface area contributed by atoms with Crippen LogP contribution in [0.3, 0.4) is 0 Å². The van der Waals surface area contributed by atoms with Crippen molar-refractivity contribution in [2.75, 3.05) is 17.2 Å². The number of thioether (sulfide) groups is 1. The van der Waals surface area contributed by atoms with Crippen LogP contribution in [0.25, 0.3) is 0 Å². The fraction of sp³-hybridized carbons (Fsp3) is 0.667. The SMILES string of the molecule is CCSCCn1cnc(N)n1. The molecule has 1 aromatic rings. The van der Waals surface area contributed by atoms with Crippen LogP contribution in [0.2, 0.25) is 0 Å². The lowest BCUT2D eigenvalue weighted by molar-refractivity contribution is 0.667. The minimum atomic E-state index is 0.353. The van der Waals surface area contributed by atoms with Crippen LogP contribution < -0.4 is 5.73 Å². The molecule has 0 radical (unpaired) electrons. The molecular formula is C6H12N4S. The van der Waals surface area contributed by atoms with Gasteiger partial charge >= 0.3 is 0 Å². The minimum Gasteiger partial charge on any atom is -0.367 e. The molecular weight excluding hydrogens is 160 g/mol. The molecule has 0 saturated heterocycles. The molecule has 0 aliphatic carbocycles. The Labute approximate surface area is 70.2 Å². The van der Waals surface area contributed by atoms with E-state index in [1.165, 1.54) is 0 Å². The fourth-order valence-electron chi connectivity index (χ4n) is 0.719. The Morgan fingerprint density at radius 2 is 2.55 bits per heavy atom. The van der Waals surface area contributed by atoms with Crippen LogP contribution in [0.5, 0.6) is 0 Å². The standard InChI is InChI=1S/C6H12N4S/c1-2-11-4-3-10-5-8-6(7)9-10/h5H,2-4H2,1H3,(H2,7,9). The number of hydrogen-bond acceptors (Lipinski definition) is 4. The van der Waals surface area contributed by atoms with Gasteiger partial charge in [-0.1, -0.05) is 6.92 Å². The Kier molecular flexibility index (Phi) is 3.22. The lowest BCUT2D eigenvalue weighted by Crippen LogP contribution is -2.01. The summed E-state index contributed by atoms with van der Waals surface area (Å²) in [6.45, 7) is 3.03. The van der Waals surface area contributed by atoms with Crippen molar-refractivity contribution in [2.45, 2.75) is 13.5 Å². The summed E-state index contributed by atoms with van der Waals surface area (Å²) in [6, 6.07) is 0. The molecule has 2 N–H and O–H groups in total. The first-order valence-corrected chi connectivity index (χ1v) is 4.71. The molecule has 0 aliphatic heterocycles. The maximum absolute atomic E-state index is 5.33. The highest BCUT2D eigenvalue weighted by Gasteiger charge is 1.93. The second-order valence-corrected chi connectivity index (χ2v) is 3.46. The topological polar surface area (TPSA) is 56.7 Å². The first-order chi connectivity index (χ1) is 5.33. The lowest BCUT2D eigenvalue weighted by Gasteiger charge is -1.97. The molecule has 0 bridgehead atoms. The predicted octanol–water partition coefficient (Wildman–Crippen LogP) is 0.613. The summed E-state index contributed by atoms with van der Waals surface area (Å²) in [7, 11) is 0. The van der Waals surface area contributed by atoms with Crippen molar-refractivity contribution in [3.63, 3.8) is 0 Å². The van der Waals surface area contributed by atoms with Crippen molar-refractivity contribution in [1.29, 1.82) is 0 Å². The number of aromatic nitrogens is 3. The lowest BCUT2D eigenvalue weighted by atomic mass is 10.8. The molecule has 4 nitrogen and oxygen atoms in total. The summed E-state index contributed by atoms with van der Waals surface area (Å²) in [5.74, 6) is 2.57. The summed E-state index contributed by atoms with van der Waals surface area (Å²) in [5, 5.41) is 3.95. The third kappa shape index (κ3) is 2.80. The molecule has 1 heterocycles. The van der Waals surface area contributed by atoms with Gasteiger partial charge in [0.25, 0.3) is 0 Å². The smallest absolute Gasteiger partial charge is 0.239 e. The van der Waals surface area contributed by atoms with Crippen LogP contribution in [-0.4, -0.2) is 26.3 Å². The molecule has 0 fully saturated rings.